The molecule has 3 aliphatic rings. The van der Waals surface area contributed by atoms with Crippen molar-refractivity contribution in [3.05, 3.63) is 53.0 Å². The maximum Gasteiger partial charge on any atom is 0.256 e. The number of anilines is 2. The third kappa shape index (κ3) is 4.30. The molecule has 1 atom stereocenters. The van der Waals surface area contributed by atoms with Gasteiger partial charge in [0.15, 0.2) is 0 Å². The summed E-state index contributed by atoms with van der Waals surface area (Å²) in [5.41, 5.74) is 2.70. The Kier molecular flexibility index (Phi) is 5.55. The molecule has 3 fully saturated rings. The first kappa shape index (κ1) is 22.1. The van der Waals surface area contributed by atoms with Crippen LogP contribution in [0.15, 0.2) is 30.5 Å². The van der Waals surface area contributed by atoms with Crippen molar-refractivity contribution in [2.45, 2.75) is 32.6 Å². The number of piperazine rings is 1. The van der Waals surface area contributed by atoms with Gasteiger partial charge in [0.1, 0.15) is 11.6 Å². The molecular weight excluding hydrogens is 443 g/mol. The molecule has 1 aliphatic carbocycles. The molecule has 1 aromatic heterocycles. The van der Waals surface area contributed by atoms with E-state index in [1.165, 1.54) is 34.8 Å². The van der Waals surface area contributed by atoms with Crippen molar-refractivity contribution in [3.8, 4) is 0 Å². The summed E-state index contributed by atoms with van der Waals surface area (Å²) in [4.78, 5) is 21.5. The molecule has 0 N–H and O–H groups in total. The Bertz CT molecular complexity index is 1190. The molecule has 1 amide bonds. The number of amides is 1. The summed E-state index contributed by atoms with van der Waals surface area (Å²) in [6, 6.07) is 6.31. The molecule has 2 aromatic rings. The second-order valence-electron chi connectivity index (χ2n) is 9.54. The monoisotopic (exact) mass is 472 g/mol. The normalized spacial score (nSPS) is 22.6. The van der Waals surface area contributed by atoms with Crippen LogP contribution in [0.4, 0.5) is 15.9 Å². The highest BCUT2D eigenvalue weighted by Crippen LogP contribution is 2.40. The number of hydrogen-bond acceptors (Lipinski definition) is 5. The van der Waals surface area contributed by atoms with Gasteiger partial charge >= 0.3 is 0 Å². The van der Waals surface area contributed by atoms with E-state index >= 15 is 0 Å². The Morgan fingerprint density at radius 3 is 2.42 bits per heavy atom. The number of rotatable bonds is 4. The van der Waals surface area contributed by atoms with E-state index in [2.05, 4.69) is 22.9 Å². The lowest BCUT2D eigenvalue weighted by Gasteiger charge is -2.36. The number of hydrogen-bond donors (Lipinski definition) is 0. The van der Waals surface area contributed by atoms with Crippen molar-refractivity contribution in [2.75, 3.05) is 47.7 Å². The van der Waals surface area contributed by atoms with Gasteiger partial charge in [-0.05, 0) is 60.9 Å². The van der Waals surface area contributed by atoms with Crippen LogP contribution in [0, 0.1) is 18.7 Å². The molecule has 3 heterocycles. The fourth-order valence-corrected chi connectivity index (χ4v) is 6.77. The first-order valence-electron chi connectivity index (χ1n) is 11.5. The summed E-state index contributed by atoms with van der Waals surface area (Å²) in [7, 11) is -3.44. The molecule has 2 saturated heterocycles. The summed E-state index contributed by atoms with van der Waals surface area (Å²) in [6.45, 7) is 6.46. The zero-order valence-corrected chi connectivity index (χ0v) is 19.8. The third-order valence-electron chi connectivity index (χ3n) is 6.77. The van der Waals surface area contributed by atoms with E-state index < -0.39 is 15.8 Å². The van der Waals surface area contributed by atoms with Gasteiger partial charge in [-0.2, -0.15) is 0 Å². The second-order valence-corrected chi connectivity index (χ2v) is 11.5. The van der Waals surface area contributed by atoms with E-state index in [-0.39, 0.29) is 28.8 Å². The molecule has 33 heavy (non-hydrogen) atoms. The highest BCUT2D eigenvalue weighted by Gasteiger charge is 2.34. The van der Waals surface area contributed by atoms with Crippen LogP contribution in [0.2, 0.25) is 0 Å². The molecule has 5 rings (SSSR count). The lowest BCUT2D eigenvalue weighted by molar-refractivity contribution is 0.0742. The summed E-state index contributed by atoms with van der Waals surface area (Å²) < 4.78 is 40.7. The van der Waals surface area contributed by atoms with Crippen LogP contribution in [0.1, 0.15) is 47.2 Å². The van der Waals surface area contributed by atoms with Crippen LogP contribution >= 0.6 is 0 Å². The summed E-state index contributed by atoms with van der Waals surface area (Å²) in [6.07, 6.45) is 4.45. The number of aromatic nitrogens is 1. The Morgan fingerprint density at radius 2 is 1.85 bits per heavy atom. The molecule has 9 heteroatoms. The van der Waals surface area contributed by atoms with Crippen LogP contribution in [-0.4, -0.2) is 62.7 Å². The average molecular weight is 473 g/mol. The largest absolute Gasteiger partial charge is 0.353 e. The van der Waals surface area contributed by atoms with Crippen molar-refractivity contribution in [3.63, 3.8) is 0 Å². The van der Waals surface area contributed by atoms with Crippen molar-refractivity contribution in [1.82, 2.24) is 9.88 Å². The van der Waals surface area contributed by atoms with Gasteiger partial charge in [0, 0.05) is 38.9 Å². The van der Waals surface area contributed by atoms with Gasteiger partial charge < -0.3 is 9.80 Å². The quantitative estimate of drug-likeness (QED) is 0.684. The molecule has 1 aromatic carbocycles. The van der Waals surface area contributed by atoms with Gasteiger partial charge in [-0.25, -0.2) is 17.8 Å². The number of halogens is 1. The molecule has 0 spiro atoms. The minimum absolute atomic E-state index is 0.0151. The zero-order valence-electron chi connectivity index (χ0n) is 19.0. The van der Waals surface area contributed by atoms with Crippen LogP contribution in [0.3, 0.4) is 0 Å². The summed E-state index contributed by atoms with van der Waals surface area (Å²) >= 11 is 0. The lowest BCUT2D eigenvalue weighted by Crippen LogP contribution is -2.49. The van der Waals surface area contributed by atoms with E-state index in [1.54, 1.807) is 4.90 Å². The first-order valence-corrected chi connectivity index (χ1v) is 13.1. The summed E-state index contributed by atoms with van der Waals surface area (Å²) in [5.74, 6) is 0.585. The van der Waals surface area contributed by atoms with Crippen molar-refractivity contribution < 1.29 is 17.6 Å². The van der Waals surface area contributed by atoms with E-state index in [4.69, 9.17) is 0 Å². The number of sulfonamides is 1. The highest BCUT2D eigenvalue weighted by molar-refractivity contribution is 7.93. The molecule has 0 unspecified atom stereocenters. The third-order valence-corrected chi connectivity index (χ3v) is 8.79. The average Bonchev–Trinajstić information content (AvgIpc) is 3.58. The van der Waals surface area contributed by atoms with Gasteiger partial charge in [0.2, 0.25) is 10.0 Å². The smallest absolute Gasteiger partial charge is 0.256 e. The van der Waals surface area contributed by atoms with Gasteiger partial charge in [0.25, 0.3) is 5.91 Å². The van der Waals surface area contributed by atoms with Gasteiger partial charge in [0.05, 0.1) is 17.0 Å². The van der Waals surface area contributed by atoms with Crippen molar-refractivity contribution in [2.24, 2.45) is 5.92 Å². The maximum atomic E-state index is 14.9. The Hall–Kier alpha value is -2.68. The minimum Gasteiger partial charge on any atom is -0.353 e. The number of carbonyl (C=O) groups excluding carboxylic acids is 1. The minimum atomic E-state index is -3.44. The molecule has 176 valence electrons. The number of benzene rings is 1. The SMILES string of the molecule is Cc1cc(C2CC2)cnc1N1CCN(C(=O)c2ccc(N3C[C@H](C)CS3(=O)=O)cc2F)CC1. The van der Waals surface area contributed by atoms with Crippen LogP contribution in [0.25, 0.3) is 0 Å². The van der Waals surface area contributed by atoms with Gasteiger partial charge in [-0.15, -0.1) is 0 Å². The van der Waals surface area contributed by atoms with Crippen LogP contribution in [0.5, 0.6) is 0 Å². The zero-order chi connectivity index (χ0) is 23.3. The van der Waals surface area contributed by atoms with E-state index in [0.29, 0.717) is 38.6 Å². The van der Waals surface area contributed by atoms with Crippen molar-refractivity contribution >= 4 is 27.4 Å². The van der Waals surface area contributed by atoms with Gasteiger partial charge in [-0.1, -0.05) is 13.0 Å². The molecule has 1 saturated carbocycles. The highest BCUT2D eigenvalue weighted by atomic mass is 32.2. The van der Waals surface area contributed by atoms with Crippen LogP contribution in [-0.2, 0) is 10.0 Å². The summed E-state index contributed by atoms with van der Waals surface area (Å²) in [5, 5.41) is 0. The Balaban J connectivity index is 1.25. The molecule has 7 nitrogen and oxygen atoms in total. The number of aryl methyl sites for hydroxylation is 1. The molecule has 2 aliphatic heterocycles. The van der Waals surface area contributed by atoms with E-state index in [0.717, 1.165) is 17.4 Å². The number of carbonyl (C=O) groups is 1. The van der Waals surface area contributed by atoms with E-state index in [9.17, 15) is 17.6 Å². The van der Waals surface area contributed by atoms with Crippen molar-refractivity contribution in [1.29, 1.82) is 0 Å². The van der Waals surface area contributed by atoms with Gasteiger partial charge in [-0.3, -0.25) is 9.10 Å². The predicted molar refractivity (Wildman–Crippen MR) is 126 cm³/mol. The van der Waals surface area contributed by atoms with E-state index in [1.807, 2.05) is 13.1 Å². The topological polar surface area (TPSA) is 73.8 Å². The maximum absolute atomic E-state index is 14.9. The lowest BCUT2D eigenvalue weighted by atomic mass is 10.1. The molecular formula is C24H29FN4O3S. The van der Waals surface area contributed by atoms with Crippen LogP contribution < -0.4 is 9.21 Å². The Morgan fingerprint density at radius 1 is 1.12 bits per heavy atom. The second kappa shape index (κ2) is 8.27. The Labute approximate surface area is 194 Å². The number of pyridine rings is 1. The fourth-order valence-electron chi connectivity index (χ4n) is 4.85. The standard InChI is InChI=1S/C24H29FN4O3S/c1-16-14-29(33(31,32)15-16)20-5-6-21(22(25)12-20)24(30)28-9-7-27(8-10-28)23-17(2)11-19(13-26-23)18-3-4-18/h5-6,11-13,16,18H,3-4,7-10,14-15H2,1-2H3/t16-/m0/s1. The first-order chi connectivity index (χ1) is 15.7. The molecule has 0 radical (unpaired) electrons. The number of nitrogens with zero attached hydrogens (tertiary/aromatic N) is 4. The molecule has 0 bridgehead atoms. The predicted octanol–water partition coefficient (Wildman–Crippen LogP) is 3.15. The fraction of sp³-hybridized carbons (Fsp3) is 0.500.